The largest absolute Gasteiger partial charge is 0.465 e. The zero-order valence-corrected chi connectivity index (χ0v) is 19.5. The smallest absolute Gasteiger partial charge is 0.310 e. The minimum absolute atomic E-state index is 0.0158. The summed E-state index contributed by atoms with van der Waals surface area (Å²) in [6.45, 7) is 3.39. The zero-order chi connectivity index (χ0) is 23.1. The summed E-state index contributed by atoms with van der Waals surface area (Å²) in [5, 5.41) is 15.3. The summed E-state index contributed by atoms with van der Waals surface area (Å²) in [4.78, 5) is 24.2. The van der Waals surface area contributed by atoms with E-state index in [0.29, 0.717) is 24.7 Å². The number of aryl methyl sites for hydroxylation is 1. The molecule has 178 valence electrons. The minimum atomic E-state index is -0.0158. The molecule has 0 saturated carbocycles. The number of anilines is 3. The van der Waals surface area contributed by atoms with Crippen molar-refractivity contribution in [2.45, 2.75) is 63.6 Å². The highest BCUT2D eigenvalue weighted by molar-refractivity contribution is 5.91. The lowest BCUT2D eigenvalue weighted by Gasteiger charge is -2.49. The number of fused-ring (bicyclic) bond motifs is 3. The molecule has 9 heteroatoms. The van der Waals surface area contributed by atoms with E-state index in [1.54, 1.807) is 0 Å². The van der Waals surface area contributed by atoms with Crippen LogP contribution in [0.3, 0.4) is 0 Å². The molecule has 3 aliphatic heterocycles. The van der Waals surface area contributed by atoms with Gasteiger partial charge >= 0.3 is 5.97 Å². The maximum absolute atomic E-state index is 12.1. The molecule has 9 nitrogen and oxygen atoms in total. The molecule has 0 radical (unpaired) electrons. The summed E-state index contributed by atoms with van der Waals surface area (Å²) in [7, 11) is 0. The third-order valence-corrected chi connectivity index (χ3v) is 7.50. The summed E-state index contributed by atoms with van der Waals surface area (Å²) in [6, 6.07) is 9.27. The topological polar surface area (TPSA) is 108 Å². The van der Waals surface area contributed by atoms with E-state index >= 15 is 0 Å². The van der Waals surface area contributed by atoms with Crippen LogP contribution in [0, 0.1) is 12.8 Å². The Morgan fingerprint density at radius 2 is 2.03 bits per heavy atom. The number of H-pyrrole nitrogens is 1. The molecule has 2 unspecified atom stereocenters. The van der Waals surface area contributed by atoms with Crippen LogP contribution in [-0.4, -0.2) is 62.3 Å². The van der Waals surface area contributed by atoms with Gasteiger partial charge in [0.05, 0.1) is 18.0 Å². The van der Waals surface area contributed by atoms with Gasteiger partial charge in [-0.05, 0) is 51.2 Å². The van der Waals surface area contributed by atoms with E-state index in [4.69, 9.17) is 9.72 Å². The molecule has 3 aliphatic rings. The number of hydrogen-bond acceptors (Lipinski definition) is 8. The van der Waals surface area contributed by atoms with Gasteiger partial charge in [0.15, 0.2) is 5.82 Å². The average molecular weight is 462 g/mol. The van der Waals surface area contributed by atoms with Gasteiger partial charge in [-0.1, -0.05) is 6.42 Å². The fraction of sp³-hybridized carbons (Fsp3) is 0.520. The molecule has 4 atom stereocenters. The van der Waals surface area contributed by atoms with Gasteiger partial charge < -0.3 is 15.4 Å². The number of piperidine rings is 2. The van der Waals surface area contributed by atoms with Gasteiger partial charge in [-0.25, -0.2) is 4.98 Å². The monoisotopic (exact) mass is 461 g/mol. The van der Waals surface area contributed by atoms with Gasteiger partial charge in [-0.2, -0.15) is 5.10 Å². The minimum Gasteiger partial charge on any atom is -0.465 e. The first-order valence-corrected chi connectivity index (χ1v) is 12.4. The molecular weight excluding hydrogens is 430 g/mol. The van der Waals surface area contributed by atoms with Crippen molar-refractivity contribution in [2.75, 3.05) is 23.8 Å². The number of rotatable bonds is 6. The normalized spacial score (nSPS) is 27.0. The molecule has 0 amide bonds. The lowest BCUT2D eigenvalue weighted by Crippen LogP contribution is -2.56. The standard InChI is InChI=1S/C25H31N7O2/c1-15-10-23(31-30-15)28-22-13-21-20(6-3-8-26-21)24(29-22)27-17-11-18-4-2-5-19(12-17)32(18)14-16-7-9-34-25(16)33/h3,6,8,10,13,16-19H,2,4-5,7,9,11-12,14H2,1H3,(H3,27,28,29,30,31)/t16?,17?,18-,19+. The maximum Gasteiger partial charge on any atom is 0.310 e. The quantitative estimate of drug-likeness (QED) is 0.476. The van der Waals surface area contributed by atoms with Gasteiger partial charge in [0.25, 0.3) is 0 Å². The number of nitrogens with one attached hydrogen (secondary N) is 3. The van der Waals surface area contributed by atoms with E-state index in [0.717, 1.165) is 59.9 Å². The predicted molar refractivity (Wildman–Crippen MR) is 130 cm³/mol. The number of nitrogens with zero attached hydrogens (tertiary/aromatic N) is 4. The Bertz CT molecular complexity index is 1180. The van der Waals surface area contributed by atoms with E-state index < -0.39 is 0 Å². The number of ether oxygens (including phenoxy) is 1. The van der Waals surface area contributed by atoms with Gasteiger partial charge in [0.1, 0.15) is 11.6 Å². The number of aromatic nitrogens is 4. The molecule has 6 rings (SSSR count). The second kappa shape index (κ2) is 8.87. The Hall–Kier alpha value is -3.20. The average Bonchev–Trinajstić information content (AvgIpc) is 3.41. The predicted octanol–water partition coefficient (Wildman–Crippen LogP) is 3.77. The molecular formula is C25H31N7O2. The van der Waals surface area contributed by atoms with Gasteiger partial charge in [-0.15, -0.1) is 0 Å². The third-order valence-electron chi connectivity index (χ3n) is 7.50. The lowest BCUT2D eigenvalue weighted by atomic mass is 9.81. The Labute approximate surface area is 198 Å². The molecule has 34 heavy (non-hydrogen) atoms. The first kappa shape index (κ1) is 21.3. The first-order valence-electron chi connectivity index (χ1n) is 12.4. The summed E-state index contributed by atoms with van der Waals surface area (Å²) >= 11 is 0. The van der Waals surface area contributed by atoms with Crippen molar-refractivity contribution >= 4 is 34.3 Å². The van der Waals surface area contributed by atoms with Crippen molar-refractivity contribution < 1.29 is 9.53 Å². The molecule has 2 bridgehead atoms. The maximum atomic E-state index is 12.1. The van der Waals surface area contributed by atoms with Crippen LogP contribution in [0.4, 0.5) is 17.5 Å². The van der Waals surface area contributed by atoms with Crippen molar-refractivity contribution in [2.24, 2.45) is 5.92 Å². The number of aromatic amines is 1. The van der Waals surface area contributed by atoms with Crippen LogP contribution in [-0.2, 0) is 9.53 Å². The first-order chi connectivity index (χ1) is 16.6. The molecule has 3 aromatic heterocycles. The molecule has 3 N–H and O–H groups in total. The third kappa shape index (κ3) is 4.20. The Kier molecular flexibility index (Phi) is 5.57. The summed E-state index contributed by atoms with van der Waals surface area (Å²) in [5.74, 6) is 2.34. The van der Waals surface area contributed by atoms with Crippen LogP contribution in [0.15, 0.2) is 30.5 Å². The van der Waals surface area contributed by atoms with E-state index in [1.807, 2.05) is 31.3 Å². The van der Waals surface area contributed by atoms with Gasteiger partial charge in [-0.3, -0.25) is 19.8 Å². The highest BCUT2D eigenvalue weighted by atomic mass is 16.5. The van der Waals surface area contributed by atoms with Crippen molar-refractivity contribution in [3.63, 3.8) is 0 Å². The summed E-state index contributed by atoms with van der Waals surface area (Å²) < 4.78 is 5.22. The van der Waals surface area contributed by atoms with Crippen LogP contribution in [0.25, 0.3) is 10.9 Å². The van der Waals surface area contributed by atoms with Crippen LogP contribution in [0.1, 0.15) is 44.2 Å². The second-order valence-electron chi connectivity index (χ2n) is 9.89. The number of pyridine rings is 2. The van der Waals surface area contributed by atoms with E-state index in [1.165, 1.54) is 19.3 Å². The number of hydrogen-bond donors (Lipinski definition) is 3. The molecule has 0 aliphatic carbocycles. The summed E-state index contributed by atoms with van der Waals surface area (Å²) in [5.41, 5.74) is 1.89. The van der Waals surface area contributed by atoms with Gasteiger partial charge in [0, 0.05) is 54.1 Å². The van der Waals surface area contributed by atoms with Crippen molar-refractivity contribution in [1.29, 1.82) is 0 Å². The van der Waals surface area contributed by atoms with Crippen LogP contribution in [0.5, 0.6) is 0 Å². The highest BCUT2D eigenvalue weighted by Gasteiger charge is 2.41. The SMILES string of the molecule is Cc1cc(Nc2cc3ncccc3c(NC3C[C@H]4CCC[C@@H](C3)N4CC3CCOC3=O)n2)n[nH]1. The van der Waals surface area contributed by atoms with E-state index in [2.05, 4.69) is 36.8 Å². The number of carbonyl (C=O) groups is 1. The number of cyclic esters (lactones) is 1. The fourth-order valence-corrected chi connectivity index (χ4v) is 5.91. The molecule has 3 aromatic rings. The van der Waals surface area contributed by atoms with Crippen LogP contribution in [0.2, 0.25) is 0 Å². The Morgan fingerprint density at radius 1 is 1.18 bits per heavy atom. The zero-order valence-electron chi connectivity index (χ0n) is 19.5. The van der Waals surface area contributed by atoms with Gasteiger partial charge in [0.2, 0.25) is 0 Å². The molecule has 3 fully saturated rings. The molecule has 6 heterocycles. The van der Waals surface area contributed by atoms with Crippen LogP contribution >= 0.6 is 0 Å². The summed E-state index contributed by atoms with van der Waals surface area (Å²) in [6.07, 6.45) is 8.41. The van der Waals surface area contributed by atoms with E-state index in [9.17, 15) is 4.79 Å². The van der Waals surface area contributed by atoms with Crippen molar-refractivity contribution in [3.05, 3.63) is 36.2 Å². The second-order valence-corrected chi connectivity index (χ2v) is 9.89. The Morgan fingerprint density at radius 3 is 2.76 bits per heavy atom. The fourth-order valence-electron chi connectivity index (χ4n) is 5.91. The number of carbonyl (C=O) groups excluding carboxylic acids is 1. The molecule has 3 saturated heterocycles. The van der Waals surface area contributed by atoms with Crippen molar-refractivity contribution in [3.8, 4) is 0 Å². The lowest BCUT2D eigenvalue weighted by molar-refractivity contribution is -0.142. The number of esters is 1. The van der Waals surface area contributed by atoms with Crippen molar-refractivity contribution in [1.82, 2.24) is 25.1 Å². The van der Waals surface area contributed by atoms with Crippen LogP contribution < -0.4 is 10.6 Å². The molecule has 0 spiro atoms. The van der Waals surface area contributed by atoms with E-state index in [-0.39, 0.29) is 11.9 Å². The Balaban J connectivity index is 1.22. The highest BCUT2D eigenvalue weighted by Crippen LogP contribution is 2.37. The molecule has 0 aromatic carbocycles.